The molecule has 0 aliphatic carbocycles. The second-order valence-corrected chi connectivity index (χ2v) is 10.8. The molecule has 0 amide bonds. The number of aryl methyl sites for hydroxylation is 1. The Kier molecular flexibility index (Phi) is 17.7. The van der Waals surface area contributed by atoms with Crippen LogP contribution in [0.15, 0.2) is 29.2 Å². The first-order valence-electron chi connectivity index (χ1n) is 13.3. The van der Waals surface area contributed by atoms with Gasteiger partial charge in [-0.05, 0) is 37.3 Å². The van der Waals surface area contributed by atoms with Crippen molar-refractivity contribution >= 4 is 10.0 Å². The van der Waals surface area contributed by atoms with Gasteiger partial charge in [-0.1, -0.05) is 115 Å². The Labute approximate surface area is 198 Å². The minimum atomic E-state index is -3.46. The predicted molar refractivity (Wildman–Crippen MR) is 135 cm³/mol. The molecule has 186 valence electrons. The minimum Gasteiger partial charge on any atom is -0.251 e. The maximum absolute atomic E-state index is 12.8. The van der Waals surface area contributed by atoms with Gasteiger partial charge in [0.25, 0.3) is 0 Å². The highest BCUT2D eigenvalue weighted by molar-refractivity contribution is 7.89. The number of sulfonamides is 1. The largest absolute Gasteiger partial charge is 0.251 e. The van der Waals surface area contributed by atoms with E-state index in [2.05, 4.69) is 11.6 Å². The molecular weight excluding hydrogens is 421 g/mol. The molecule has 0 saturated carbocycles. The van der Waals surface area contributed by atoms with Gasteiger partial charge in [-0.25, -0.2) is 13.1 Å². The van der Waals surface area contributed by atoms with Crippen LogP contribution in [-0.2, 0) is 16.4 Å². The molecule has 0 aliphatic rings. The van der Waals surface area contributed by atoms with Gasteiger partial charge in [0.05, 0.1) is 11.6 Å². The topological polar surface area (TPSA) is 46.2 Å². The third kappa shape index (κ3) is 14.3. The zero-order valence-corrected chi connectivity index (χ0v) is 21.4. The van der Waals surface area contributed by atoms with Crippen LogP contribution in [0.1, 0.15) is 122 Å². The molecule has 0 unspecified atom stereocenters. The highest BCUT2D eigenvalue weighted by Gasteiger charge is 2.17. The summed E-state index contributed by atoms with van der Waals surface area (Å²) in [6.45, 7) is 2.49. The molecule has 0 aliphatic heterocycles. The summed E-state index contributed by atoms with van der Waals surface area (Å²) in [5.74, 6) is 0. The van der Waals surface area contributed by atoms with Crippen LogP contribution < -0.4 is 4.72 Å². The van der Waals surface area contributed by atoms with Crippen LogP contribution in [0.5, 0.6) is 0 Å². The number of benzene rings is 1. The van der Waals surface area contributed by atoms with Gasteiger partial charge in [-0.2, -0.15) is 0 Å². The lowest BCUT2D eigenvalue weighted by Gasteiger charge is -2.12. The molecule has 0 radical (unpaired) electrons. The molecular formula is C27H48FNO2S. The Hall–Kier alpha value is -0.940. The number of hydrogen-bond acceptors (Lipinski definition) is 2. The monoisotopic (exact) mass is 469 g/mol. The average molecular weight is 470 g/mol. The number of rotatable bonds is 22. The lowest BCUT2D eigenvalue weighted by molar-refractivity contribution is 0.450. The van der Waals surface area contributed by atoms with Crippen molar-refractivity contribution in [2.24, 2.45) is 0 Å². The van der Waals surface area contributed by atoms with E-state index in [1.807, 2.05) is 18.2 Å². The molecule has 0 fully saturated rings. The number of unbranched alkanes of at least 4 members (excludes halogenated alkanes) is 15. The smallest absolute Gasteiger partial charge is 0.240 e. The molecule has 1 aromatic rings. The van der Waals surface area contributed by atoms with Crippen molar-refractivity contribution in [1.29, 1.82) is 0 Å². The third-order valence-electron chi connectivity index (χ3n) is 6.16. The van der Waals surface area contributed by atoms with Crippen LogP contribution in [-0.4, -0.2) is 21.6 Å². The van der Waals surface area contributed by atoms with Crippen LogP contribution in [0.25, 0.3) is 0 Å². The molecule has 1 N–H and O–H groups in total. The van der Waals surface area contributed by atoms with E-state index in [-0.39, 0.29) is 6.67 Å². The summed E-state index contributed by atoms with van der Waals surface area (Å²) in [6, 6.07) is 7.43. The van der Waals surface area contributed by atoms with Crippen LogP contribution in [0.4, 0.5) is 4.39 Å². The maximum atomic E-state index is 12.8. The van der Waals surface area contributed by atoms with Crippen LogP contribution in [0.2, 0.25) is 0 Å². The second-order valence-electron chi connectivity index (χ2n) is 9.10. The molecule has 0 saturated heterocycles. The summed E-state index contributed by atoms with van der Waals surface area (Å²) in [4.78, 5) is 0.440. The quantitative estimate of drug-likeness (QED) is 0.174. The molecule has 0 aromatic heterocycles. The highest BCUT2D eigenvalue weighted by atomic mass is 32.2. The summed E-state index contributed by atoms with van der Waals surface area (Å²) < 4.78 is 40.4. The van der Waals surface area contributed by atoms with Crippen molar-refractivity contribution in [2.75, 3.05) is 13.2 Å². The first-order chi connectivity index (χ1) is 15.6. The Morgan fingerprint density at radius 3 is 1.78 bits per heavy atom. The Bertz CT molecular complexity index is 663. The molecule has 0 bridgehead atoms. The number of hydrogen-bond donors (Lipinski definition) is 1. The second kappa shape index (κ2) is 19.5. The first kappa shape index (κ1) is 29.1. The Morgan fingerprint density at radius 1 is 0.688 bits per heavy atom. The van der Waals surface area contributed by atoms with Gasteiger partial charge in [0.15, 0.2) is 0 Å². The van der Waals surface area contributed by atoms with E-state index >= 15 is 0 Å². The predicted octanol–water partition coefficient (Wildman–Crippen LogP) is 8.13. The van der Waals surface area contributed by atoms with Crippen LogP contribution in [0.3, 0.4) is 0 Å². The molecule has 3 nitrogen and oxygen atoms in total. The Balaban J connectivity index is 2.23. The summed E-state index contributed by atoms with van der Waals surface area (Å²) in [5.41, 5.74) is 0.933. The number of halogens is 1. The standard InChI is InChI=1S/C27H48FNO2S/c1-2-3-4-5-6-7-8-9-10-13-16-21-26-22-17-18-23-27(26)32(30,31)29-25-20-15-12-11-14-19-24-28/h17-18,22-23,29H,2-16,19-21,24-25H2,1H3. The van der Waals surface area contributed by atoms with Gasteiger partial charge < -0.3 is 0 Å². The van der Waals surface area contributed by atoms with E-state index in [0.717, 1.165) is 50.5 Å². The summed E-state index contributed by atoms with van der Waals surface area (Å²) in [5, 5.41) is 0. The van der Waals surface area contributed by atoms with E-state index < -0.39 is 10.0 Å². The first-order valence-corrected chi connectivity index (χ1v) is 14.7. The number of nitrogens with one attached hydrogen (secondary N) is 1. The average Bonchev–Trinajstić information content (AvgIpc) is 2.79. The molecule has 32 heavy (non-hydrogen) atoms. The molecule has 1 rings (SSSR count). The van der Waals surface area contributed by atoms with E-state index in [9.17, 15) is 12.8 Å². The van der Waals surface area contributed by atoms with Crippen molar-refractivity contribution < 1.29 is 12.8 Å². The molecule has 0 spiro atoms. The third-order valence-corrected chi connectivity index (χ3v) is 7.73. The maximum Gasteiger partial charge on any atom is 0.240 e. The van der Waals surface area contributed by atoms with Crippen molar-refractivity contribution in [3.8, 4) is 0 Å². The SMILES string of the molecule is CCCCCCCCCCCCCc1ccccc1S(=O)(=O)NCCCCCCCCF. The molecule has 0 heterocycles. The van der Waals surface area contributed by atoms with Gasteiger partial charge in [0.2, 0.25) is 10.0 Å². The fourth-order valence-electron chi connectivity index (χ4n) is 4.16. The lowest BCUT2D eigenvalue weighted by Crippen LogP contribution is -2.25. The van der Waals surface area contributed by atoms with Gasteiger partial charge in [-0.15, -0.1) is 0 Å². The molecule has 1 aromatic carbocycles. The zero-order valence-electron chi connectivity index (χ0n) is 20.6. The highest BCUT2D eigenvalue weighted by Crippen LogP contribution is 2.19. The van der Waals surface area contributed by atoms with Gasteiger partial charge in [0.1, 0.15) is 0 Å². The summed E-state index contributed by atoms with van der Waals surface area (Å²) in [6.07, 6.45) is 20.5. The summed E-state index contributed by atoms with van der Waals surface area (Å²) >= 11 is 0. The fourth-order valence-corrected chi connectivity index (χ4v) is 5.50. The minimum absolute atomic E-state index is 0.238. The summed E-state index contributed by atoms with van der Waals surface area (Å²) in [7, 11) is -3.46. The van der Waals surface area contributed by atoms with Crippen molar-refractivity contribution in [2.45, 2.75) is 127 Å². The number of alkyl halides is 1. The molecule has 0 atom stereocenters. The van der Waals surface area contributed by atoms with Crippen LogP contribution >= 0.6 is 0 Å². The fraction of sp³-hybridized carbons (Fsp3) is 0.778. The van der Waals surface area contributed by atoms with Crippen molar-refractivity contribution in [1.82, 2.24) is 4.72 Å². The van der Waals surface area contributed by atoms with E-state index in [4.69, 9.17) is 0 Å². The van der Waals surface area contributed by atoms with Gasteiger partial charge >= 0.3 is 0 Å². The van der Waals surface area contributed by atoms with E-state index in [0.29, 0.717) is 17.9 Å². The normalized spacial score (nSPS) is 11.8. The van der Waals surface area contributed by atoms with Crippen LogP contribution in [0, 0.1) is 0 Å². The van der Waals surface area contributed by atoms with Gasteiger partial charge in [0, 0.05) is 6.54 Å². The van der Waals surface area contributed by atoms with E-state index in [1.165, 1.54) is 64.2 Å². The molecule has 5 heteroatoms. The van der Waals surface area contributed by atoms with Gasteiger partial charge in [-0.3, -0.25) is 4.39 Å². The van der Waals surface area contributed by atoms with Crippen molar-refractivity contribution in [3.63, 3.8) is 0 Å². The van der Waals surface area contributed by atoms with Crippen molar-refractivity contribution in [3.05, 3.63) is 29.8 Å². The lowest BCUT2D eigenvalue weighted by atomic mass is 10.0. The van der Waals surface area contributed by atoms with E-state index in [1.54, 1.807) is 6.07 Å². The zero-order chi connectivity index (χ0) is 23.3. The Morgan fingerprint density at radius 2 is 1.19 bits per heavy atom.